The van der Waals surface area contributed by atoms with E-state index in [2.05, 4.69) is 32.2 Å². The van der Waals surface area contributed by atoms with Crippen LogP contribution in [-0.4, -0.2) is 18.7 Å². The highest BCUT2D eigenvalue weighted by molar-refractivity contribution is 5.41. The van der Waals surface area contributed by atoms with Crippen LogP contribution in [0.2, 0.25) is 0 Å². The number of nitriles is 1. The Bertz CT molecular complexity index is 427. The van der Waals surface area contributed by atoms with E-state index in [9.17, 15) is 0 Å². The Labute approximate surface area is 110 Å². The fourth-order valence-corrected chi connectivity index (χ4v) is 1.54. The molecule has 1 aromatic carbocycles. The molecular formula is C15H22N2O. The van der Waals surface area contributed by atoms with Crippen LogP contribution in [0.5, 0.6) is 5.75 Å². The first-order valence-corrected chi connectivity index (χ1v) is 6.31. The summed E-state index contributed by atoms with van der Waals surface area (Å²) >= 11 is 0. The molecule has 0 aromatic heterocycles. The Hall–Kier alpha value is -1.53. The zero-order valence-electron chi connectivity index (χ0n) is 11.7. The highest BCUT2D eigenvalue weighted by Crippen LogP contribution is 2.19. The average molecular weight is 246 g/mol. The highest BCUT2D eigenvalue weighted by Gasteiger charge is 2.07. The molecule has 3 heteroatoms. The third-order valence-corrected chi connectivity index (χ3v) is 2.55. The summed E-state index contributed by atoms with van der Waals surface area (Å²) in [4.78, 5) is 0. The van der Waals surface area contributed by atoms with Crippen molar-refractivity contribution in [2.24, 2.45) is 0 Å². The minimum absolute atomic E-state index is 0.149. The van der Waals surface area contributed by atoms with Gasteiger partial charge in [0.05, 0.1) is 18.2 Å². The van der Waals surface area contributed by atoms with Crippen molar-refractivity contribution in [3.63, 3.8) is 0 Å². The zero-order chi connectivity index (χ0) is 13.6. The van der Waals surface area contributed by atoms with Gasteiger partial charge in [-0.05, 0) is 58.4 Å². The van der Waals surface area contributed by atoms with Crippen molar-refractivity contribution < 1.29 is 4.74 Å². The monoisotopic (exact) mass is 246 g/mol. The van der Waals surface area contributed by atoms with E-state index in [4.69, 9.17) is 10.00 Å². The van der Waals surface area contributed by atoms with Crippen LogP contribution >= 0.6 is 0 Å². The maximum absolute atomic E-state index is 8.84. The van der Waals surface area contributed by atoms with E-state index in [0.717, 1.165) is 24.3 Å². The summed E-state index contributed by atoms with van der Waals surface area (Å²) < 4.78 is 5.70. The minimum atomic E-state index is 0.149. The van der Waals surface area contributed by atoms with Crippen molar-refractivity contribution in [2.45, 2.75) is 39.7 Å². The molecule has 0 saturated carbocycles. The van der Waals surface area contributed by atoms with E-state index < -0.39 is 0 Å². The van der Waals surface area contributed by atoms with Crippen LogP contribution in [0.25, 0.3) is 0 Å². The number of benzene rings is 1. The van der Waals surface area contributed by atoms with Crippen LogP contribution in [0, 0.1) is 18.3 Å². The van der Waals surface area contributed by atoms with Crippen LogP contribution in [-0.2, 0) is 0 Å². The van der Waals surface area contributed by atoms with Crippen molar-refractivity contribution in [1.82, 2.24) is 5.32 Å². The lowest BCUT2D eigenvalue weighted by Crippen LogP contribution is -2.36. The largest absolute Gasteiger partial charge is 0.493 e. The van der Waals surface area contributed by atoms with E-state index in [1.54, 1.807) is 6.07 Å². The van der Waals surface area contributed by atoms with Crippen molar-refractivity contribution in [2.75, 3.05) is 13.2 Å². The van der Waals surface area contributed by atoms with Gasteiger partial charge in [0.15, 0.2) is 0 Å². The Morgan fingerprint density at radius 1 is 1.33 bits per heavy atom. The lowest BCUT2D eigenvalue weighted by Gasteiger charge is -2.20. The molecule has 1 aromatic rings. The molecule has 0 radical (unpaired) electrons. The lowest BCUT2D eigenvalue weighted by atomic mass is 10.1. The molecular weight excluding hydrogens is 224 g/mol. The van der Waals surface area contributed by atoms with Gasteiger partial charge in [0.2, 0.25) is 0 Å². The third kappa shape index (κ3) is 5.20. The first-order chi connectivity index (χ1) is 8.42. The maximum atomic E-state index is 8.84. The molecule has 0 atom stereocenters. The predicted molar refractivity (Wildman–Crippen MR) is 73.8 cm³/mol. The summed E-state index contributed by atoms with van der Waals surface area (Å²) in [5.41, 5.74) is 1.86. The summed E-state index contributed by atoms with van der Waals surface area (Å²) in [6, 6.07) is 7.65. The van der Waals surface area contributed by atoms with Crippen molar-refractivity contribution in [1.29, 1.82) is 5.26 Å². The number of nitrogens with one attached hydrogen (secondary N) is 1. The SMILES string of the molecule is Cc1ccc(C#N)cc1OCCCNC(C)(C)C. The Morgan fingerprint density at radius 2 is 2.06 bits per heavy atom. The molecule has 0 unspecified atom stereocenters. The van der Waals surface area contributed by atoms with Crippen LogP contribution in [0.1, 0.15) is 38.3 Å². The summed E-state index contributed by atoms with van der Waals surface area (Å²) in [5, 5.41) is 12.2. The van der Waals surface area contributed by atoms with E-state index in [0.29, 0.717) is 12.2 Å². The molecule has 1 N–H and O–H groups in total. The van der Waals surface area contributed by atoms with Gasteiger partial charge in [0.1, 0.15) is 5.75 Å². The molecule has 0 fully saturated rings. The summed E-state index contributed by atoms with van der Waals surface area (Å²) in [6.07, 6.45) is 0.952. The Balaban J connectivity index is 2.38. The number of hydrogen-bond donors (Lipinski definition) is 1. The smallest absolute Gasteiger partial charge is 0.123 e. The fourth-order valence-electron chi connectivity index (χ4n) is 1.54. The second-order valence-electron chi connectivity index (χ2n) is 5.47. The Morgan fingerprint density at radius 3 is 2.67 bits per heavy atom. The van der Waals surface area contributed by atoms with E-state index in [-0.39, 0.29) is 5.54 Å². The van der Waals surface area contributed by atoms with Crippen LogP contribution in [0.3, 0.4) is 0 Å². The third-order valence-electron chi connectivity index (χ3n) is 2.55. The normalized spacial score (nSPS) is 11.1. The molecule has 3 nitrogen and oxygen atoms in total. The molecule has 0 aliphatic heterocycles. The van der Waals surface area contributed by atoms with Gasteiger partial charge in [-0.2, -0.15) is 5.26 Å². The van der Waals surface area contributed by atoms with Crippen molar-refractivity contribution >= 4 is 0 Å². The number of aryl methyl sites for hydroxylation is 1. The second-order valence-corrected chi connectivity index (χ2v) is 5.47. The number of ether oxygens (including phenoxy) is 1. The quantitative estimate of drug-likeness (QED) is 0.812. The van der Waals surface area contributed by atoms with Crippen LogP contribution in [0.4, 0.5) is 0 Å². The van der Waals surface area contributed by atoms with Crippen molar-refractivity contribution in [3.05, 3.63) is 29.3 Å². The first-order valence-electron chi connectivity index (χ1n) is 6.31. The minimum Gasteiger partial charge on any atom is -0.493 e. The van der Waals surface area contributed by atoms with Gasteiger partial charge in [0, 0.05) is 5.54 Å². The zero-order valence-corrected chi connectivity index (χ0v) is 11.7. The van der Waals surface area contributed by atoms with E-state index in [1.807, 2.05) is 19.1 Å². The fraction of sp³-hybridized carbons (Fsp3) is 0.533. The molecule has 0 saturated heterocycles. The number of nitrogens with zero attached hydrogens (tertiary/aromatic N) is 1. The molecule has 0 heterocycles. The second kappa shape index (κ2) is 6.42. The molecule has 0 spiro atoms. The average Bonchev–Trinajstić information content (AvgIpc) is 2.29. The summed E-state index contributed by atoms with van der Waals surface area (Å²) in [6.45, 7) is 10.0. The van der Waals surface area contributed by atoms with Gasteiger partial charge in [-0.15, -0.1) is 0 Å². The number of hydrogen-bond acceptors (Lipinski definition) is 3. The van der Waals surface area contributed by atoms with Gasteiger partial charge < -0.3 is 10.1 Å². The first kappa shape index (κ1) is 14.5. The van der Waals surface area contributed by atoms with E-state index in [1.165, 1.54) is 0 Å². The number of rotatable bonds is 5. The molecule has 0 aliphatic rings. The van der Waals surface area contributed by atoms with Gasteiger partial charge in [-0.25, -0.2) is 0 Å². The molecule has 0 amide bonds. The topological polar surface area (TPSA) is 45.0 Å². The molecule has 0 aliphatic carbocycles. The highest BCUT2D eigenvalue weighted by atomic mass is 16.5. The van der Waals surface area contributed by atoms with Crippen LogP contribution < -0.4 is 10.1 Å². The molecule has 98 valence electrons. The predicted octanol–water partition coefficient (Wildman–Crippen LogP) is 3.02. The Kier molecular flexibility index (Phi) is 5.18. The van der Waals surface area contributed by atoms with Gasteiger partial charge in [0.25, 0.3) is 0 Å². The van der Waals surface area contributed by atoms with Gasteiger partial charge in [-0.3, -0.25) is 0 Å². The van der Waals surface area contributed by atoms with E-state index >= 15 is 0 Å². The maximum Gasteiger partial charge on any atom is 0.123 e. The molecule has 18 heavy (non-hydrogen) atoms. The molecule has 0 bridgehead atoms. The lowest BCUT2D eigenvalue weighted by molar-refractivity contribution is 0.296. The molecule has 1 rings (SSSR count). The van der Waals surface area contributed by atoms with Crippen molar-refractivity contribution in [3.8, 4) is 11.8 Å². The summed E-state index contributed by atoms with van der Waals surface area (Å²) in [7, 11) is 0. The standard InChI is InChI=1S/C15H22N2O/c1-12-6-7-13(11-16)10-14(12)18-9-5-8-17-15(2,3)4/h6-7,10,17H,5,8-9H2,1-4H3. The van der Waals surface area contributed by atoms with Gasteiger partial charge >= 0.3 is 0 Å². The van der Waals surface area contributed by atoms with Gasteiger partial charge in [-0.1, -0.05) is 6.07 Å². The summed E-state index contributed by atoms with van der Waals surface area (Å²) in [5.74, 6) is 0.810. The van der Waals surface area contributed by atoms with Crippen LogP contribution in [0.15, 0.2) is 18.2 Å².